The fourth-order valence-corrected chi connectivity index (χ4v) is 5.46. The normalized spacial score (nSPS) is 17.7. The Hall–Kier alpha value is -2.97. The van der Waals surface area contributed by atoms with Gasteiger partial charge in [0.15, 0.2) is 0 Å². The zero-order valence-corrected chi connectivity index (χ0v) is 17.3. The van der Waals surface area contributed by atoms with Crippen molar-refractivity contribution >= 4 is 32.6 Å². The molecule has 0 aliphatic carbocycles. The molecule has 0 bridgehead atoms. The molecular formula is C22H22N2O5S. The van der Waals surface area contributed by atoms with Crippen molar-refractivity contribution in [3.05, 3.63) is 70.6 Å². The van der Waals surface area contributed by atoms with Crippen LogP contribution >= 0.6 is 0 Å². The van der Waals surface area contributed by atoms with E-state index in [1.165, 1.54) is 22.5 Å². The number of piperidine rings is 1. The van der Waals surface area contributed by atoms with Crippen molar-refractivity contribution in [2.24, 2.45) is 0 Å². The first-order valence-corrected chi connectivity index (χ1v) is 11.3. The van der Waals surface area contributed by atoms with E-state index in [1.54, 1.807) is 36.4 Å². The van der Waals surface area contributed by atoms with Crippen LogP contribution in [0.4, 0.5) is 5.69 Å². The van der Waals surface area contributed by atoms with Crippen LogP contribution in [0.1, 0.15) is 36.5 Å². The van der Waals surface area contributed by atoms with Crippen molar-refractivity contribution in [2.75, 3.05) is 11.9 Å². The van der Waals surface area contributed by atoms with Gasteiger partial charge in [0.2, 0.25) is 10.0 Å². The average molecular weight is 426 g/mol. The van der Waals surface area contributed by atoms with Crippen molar-refractivity contribution in [3.8, 4) is 0 Å². The summed E-state index contributed by atoms with van der Waals surface area (Å²) >= 11 is 0. The Kier molecular flexibility index (Phi) is 5.44. The number of benzene rings is 2. The number of carbonyl (C=O) groups excluding carboxylic acids is 1. The third kappa shape index (κ3) is 4.01. The van der Waals surface area contributed by atoms with Crippen LogP contribution in [-0.2, 0) is 10.0 Å². The number of fused-ring (bicyclic) bond motifs is 1. The second-order valence-corrected chi connectivity index (χ2v) is 9.34. The average Bonchev–Trinajstić information content (AvgIpc) is 2.74. The molecule has 1 unspecified atom stereocenters. The summed E-state index contributed by atoms with van der Waals surface area (Å²) < 4.78 is 32.7. The molecule has 8 heteroatoms. The molecule has 1 aliphatic rings. The highest BCUT2D eigenvalue weighted by Gasteiger charge is 2.31. The van der Waals surface area contributed by atoms with Crippen molar-refractivity contribution in [1.82, 2.24) is 4.31 Å². The van der Waals surface area contributed by atoms with Gasteiger partial charge >= 0.3 is 5.63 Å². The van der Waals surface area contributed by atoms with Crippen LogP contribution in [0, 0.1) is 0 Å². The van der Waals surface area contributed by atoms with Crippen LogP contribution < -0.4 is 10.9 Å². The van der Waals surface area contributed by atoms with Gasteiger partial charge in [-0.05, 0) is 62.2 Å². The van der Waals surface area contributed by atoms with Gasteiger partial charge in [-0.15, -0.1) is 0 Å². The number of carbonyl (C=O) groups is 1. The molecule has 1 N–H and O–H groups in total. The third-order valence-electron chi connectivity index (χ3n) is 5.32. The summed E-state index contributed by atoms with van der Waals surface area (Å²) in [5, 5.41) is 3.43. The highest BCUT2D eigenvalue weighted by atomic mass is 32.2. The first-order chi connectivity index (χ1) is 14.3. The molecule has 0 radical (unpaired) electrons. The summed E-state index contributed by atoms with van der Waals surface area (Å²) in [7, 11) is -3.66. The quantitative estimate of drug-likeness (QED) is 0.643. The van der Waals surface area contributed by atoms with E-state index in [0.29, 0.717) is 23.2 Å². The van der Waals surface area contributed by atoms with Gasteiger partial charge in [0.05, 0.1) is 4.90 Å². The molecular weight excluding hydrogens is 404 g/mol. The highest BCUT2D eigenvalue weighted by molar-refractivity contribution is 7.89. The largest absolute Gasteiger partial charge is 0.423 e. The maximum Gasteiger partial charge on any atom is 0.336 e. The van der Waals surface area contributed by atoms with Gasteiger partial charge in [0.1, 0.15) is 5.58 Å². The maximum absolute atomic E-state index is 13.1. The lowest BCUT2D eigenvalue weighted by molar-refractivity contribution is 0.102. The van der Waals surface area contributed by atoms with Crippen LogP contribution in [0.2, 0.25) is 0 Å². The standard InChI is InChI=1S/C22H22N2O5S/c1-15-5-2-3-12-24(15)30(27,28)19-7-4-6-17(14-19)22(26)23-18-9-10-20-16(13-18)8-11-21(25)29-20/h4,6-11,13-15H,2-3,5,12H2,1H3,(H,23,26). The first kappa shape index (κ1) is 20.3. The van der Waals surface area contributed by atoms with E-state index >= 15 is 0 Å². The van der Waals surface area contributed by atoms with Crippen molar-refractivity contribution in [1.29, 1.82) is 0 Å². The Bertz CT molecular complexity index is 1270. The predicted octanol–water partition coefficient (Wildman–Crippen LogP) is 3.61. The lowest BCUT2D eigenvalue weighted by Crippen LogP contribution is -2.41. The van der Waals surface area contributed by atoms with E-state index in [4.69, 9.17) is 4.42 Å². The molecule has 1 amide bonds. The van der Waals surface area contributed by atoms with Crippen molar-refractivity contribution < 1.29 is 17.6 Å². The summed E-state index contributed by atoms with van der Waals surface area (Å²) in [5.41, 5.74) is 0.740. The minimum absolute atomic E-state index is 0.0566. The lowest BCUT2D eigenvalue weighted by atomic mass is 10.1. The van der Waals surface area contributed by atoms with Crippen LogP contribution in [0.5, 0.6) is 0 Å². The van der Waals surface area contributed by atoms with E-state index < -0.39 is 21.6 Å². The molecule has 156 valence electrons. The molecule has 2 heterocycles. The monoisotopic (exact) mass is 426 g/mol. The molecule has 7 nitrogen and oxygen atoms in total. The van der Waals surface area contributed by atoms with Crippen molar-refractivity contribution in [2.45, 2.75) is 37.1 Å². The summed E-state index contributed by atoms with van der Waals surface area (Å²) in [6.45, 7) is 2.40. The van der Waals surface area contributed by atoms with Gasteiger partial charge in [0.25, 0.3) is 5.91 Å². The Morgan fingerprint density at radius 1 is 1.10 bits per heavy atom. The number of rotatable bonds is 4. The lowest BCUT2D eigenvalue weighted by Gasteiger charge is -2.32. The molecule has 1 aliphatic heterocycles. The number of sulfonamides is 1. The number of anilines is 1. The Balaban J connectivity index is 1.58. The van der Waals surface area contributed by atoms with E-state index in [9.17, 15) is 18.0 Å². The Morgan fingerprint density at radius 2 is 1.93 bits per heavy atom. The van der Waals surface area contributed by atoms with Gasteiger partial charge < -0.3 is 9.73 Å². The summed E-state index contributed by atoms with van der Waals surface area (Å²) in [4.78, 5) is 24.1. The van der Waals surface area contributed by atoms with Crippen molar-refractivity contribution in [3.63, 3.8) is 0 Å². The second-order valence-electron chi connectivity index (χ2n) is 7.45. The summed E-state index contributed by atoms with van der Waals surface area (Å²) in [6, 6.07) is 13.9. The van der Waals surface area contributed by atoms with E-state index in [1.807, 2.05) is 6.92 Å². The smallest absolute Gasteiger partial charge is 0.336 e. The topological polar surface area (TPSA) is 96.7 Å². The minimum atomic E-state index is -3.66. The maximum atomic E-state index is 13.1. The molecule has 0 spiro atoms. The molecule has 3 aromatic rings. The fraction of sp³-hybridized carbons (Fsp3) is 0.273. The number of hydrogen-bond donors (Lipinski definition) is 1. The van der Waals surface area contributed by atoms with Gasteiger partial charge in [-0.3, -0.25) is 4.79 Å². The minimum Gasteiger partial charge on any atom is -0.423 e. The molecule has 2 aromatic carbocycles. The highest BCUT2D eigenvalue weighted by Crippen LogP contribution is 2.26. The number of amides is 1. The van der Waals surface area contributed by atoms with Crippen LogP contribution in [0.15, 0.2) is 68.7 Å². The molecule has 0 saturated carbocycles. The Labute approximate surface area is 174 Å². The predicted molar refractivity (Wildman–Crippen MR) is 114 cm³/mol. The molecule has 1 aromatic heterocycles. The second kappa shape index (κ2) is 8.04. The molecule has 1 saturated heterocycles. The van der Waals surface area contributed by atoms with Gasteiger partial charge in [-0.25, -0.2) is 13.2 Å². The number of nitrogens with one attached hydrogen (secondary N) is 1. The van der Waals surface area contributed by atoms with Gasteiger partial charge in [-0.1, -0.05) is 12.5 Å². The van der Waals surface area contributed by atoms with Crippen LogP contribution in [-0.4, -0.2) is 31.2 Å². The molecule has 4 rings (SSSR count). The molecule has 1 fully saturated rings. The van der Waals surface area contributed by atoms with E-state index in [2.05, 4.69) is 5.32 Å². The number of hydrogen-bond acceptors (Lipinski definition) is 5. The SMILES string of the molecule is CC1CCCCN1S(=O)(=O)c1cccc(C(=O)Nc2ccc3oc(=O)ccc3c2)c1. The molecule has 30 heavy (non-hydrogen) atoms. The third-order valence-corrected chi connectivity index (χ3v) is 7.33. The van der Waals surface area contributed by atoms with Crippen LogP contribution in [0.3, 0.4) is 0 Å². The van der Waals surface area contributed by atoms with E-state index in [-0.39, 0.29) is 16.5 Å². The fourth-order valence-electron chi connectivity index (χ4n) is 3.71. The van der Waals surface area contributed by atoms with Gasteiger partial charge in [0, 0.05) is 35.3 Å². The zero-order valence-electron chi connectivity index (χ0n) is 16.5. The van der Waals surface area contributed by atoms with Gasteiger partial charge in [-0.2, -0.15) is 4.31 Å². The zero-order chi connectivity index (χ0) is 21.3. The molecule has 1 atom stereocenters. The van der Waals surface area contributed by atoms with E-state index in [0.717, 1.165) is 19.3 Å². The van der Waals surface area contributed by atoms with Crippen LogP contribution in [0.25, 0.3) is 11.0 Å². The Morgan fingerprint density at radius 3 is 2.73 bits per heavy atom. The first-order valence-electron chi connectivity index (χ1n) is 9.82. The number of nitrogens with zero attached hydrogens (tertiary/aromatic N) is 1. The summed E-state index contributed by atoms with van der Waals surface area (Å²) in [5.74, 6) is -0.421. The summed E-state index contributed by atoms with van der Waals surface area (Å²) in [6.07, 6.45) is 2.69.